The molecule has 0 aliphatic heterocycles. The molecule has 1 amide bonds. The van der Waals surface area contributed by atoms with Crippen molar-refractivity contribution < 1.29 is 4.79 Å². The van der Waals surface area contributed by atoms with E-state index in [9.17, 15) is 4.79 Å². The molecule has 0 fully saturated rings. The van der Waals surface area contributed by atoms with Crippen molar-refractivity contribution in [1.82, 2.24) is 15.3 Å². The number of aromatic nitrogens is 2. The van der Waals surface area contributed by atoms with E-state index < -0.39 is 0 Å². The molecular formula is C19H17ClN4O. The second-order valence-corrected chi connectivity index (χ2v) is 5.93. The van der Waals surface area contributed by atoms with Crippen LogP contribution >= 0.6 is 11.6 Å². The summed E-state index contributed by atoms with van der Waals surface area (Å²) in [6.07, 6.45) is 3.28. The maximum absolute atomic E-state index is 12.3. The van der Waals surface area contributed by atoms with Crippen molar-refractivity contribution in [3.63, 3.8) is 0 Å². The van der Waals surface area contributed by atoms with Crippen molar-refractivity contribution in [3.8, 4) is 0 Å². The zero-order valence-corrected chi connectivity index (χ0v) is 14.4. The van der Waals surface area contributed by atoms with Crippen LogP contribution in [0.1, 0.15) is 21.7 Å². The molecule has 0 saturated heterocycles. The highest BCUT2D eigenvalue weighted by Crippen LogP contribution is 2.23. The van der Waals surface area contributed by atoms with E-state index in [4.69, 9.17) is 11.6 Å². The summed E-state index contributed by atoms with van der Waals surface area (Å²) >= 11 is 6.14. The van der Waals surface area contributed by atoms with E-state index in [1.807, 2.05) is 43.3 Å². The highest BCUT2D eigenvalue weighted by molar-refractivity contribution is 6.31. The number of pyridine rings is 2. The zero-order chi connectivity index (χ0) is 17.6. The minimum atomic E-state index is -0.253. The average Bonchev–Trinajstić information content (AvgIpc) is 2.64. The number of amides is 1. The number of hydrogen-bond acceptors (Lipinski definition) is 4. The van der Waals surface area contributed by atoms with Gasteiger partial charge in [0.05, 0.1) is 12.2 Å². The molecule has 2 aromatic heterocycles. The van der Waals surface area contributed by atoms with E-state index in [1.165, 1.54) is 0 Å². The van der Waals surface area contributed by atoms with E-state index in [1.54, 1.807) is 24.5 Å². The quantitative estimate of drug-likeness (QED) is 0.725. The minimum Gasteiger partial charge on any atom is -0.355 e. The number of carbonyl (C=O) groups is 1. The smallest absolute Gasteiger partial charge is 0.270 e. The predicted octanol–water partition coefficient (Wildman–Crippen LogP) is 4.11. The van der Waals surface area contributed by atoms with Crippen LogP contribution in [0.25, 0.3) is 0 Å². The number of anilines is 2. The van der Waals surface area contributed by atoms with Crippen LogP contribution < -0.4 is 10.6 Å². The van der Waals surface area contributed by atoms with Gasteiger partial charge in [-0.25, -0.2) is 0 Å². The molecule has 0 unspecified atom stereocenters. The van der Waals surface area contributed by atoms with Gasteiger partial charge in [-0.3, -0.25) is 14.8 Å². The minimum absolute atomic E-state index is 0.253. The predicted molar refractivity (Wildman–Crippen MR) is 99.1 cm³/mol. The van der Waals surface area contributed by atoms with E-state index in [0.29, 0.717) is 17.3 Å². The van der Waals surface area contributed by atoms with Crippen LogP contribution in [-0.4, -0.2) is 15.9 Å². The van der Waals surface area contributed by atoms with Gasteiger partial charge in [-0.1, -0.05) is 23.7 Å². The third-order valence-electron chi connectivity index (χ3n) is 3.61. The fraction of sp³-hybridized carbons (Fsp3) is 0.105. The van der Waals surface area contributed by atoms with Crippen LogP contribution in [0.3, 0.4) is 0 Å². The third kappa shape index (κ3) is 4.55. The molecule has 2 heterocycles. The van der Waals surface area contributed by atoms with Crippen LogP contribution in [0.4, 0.5) is 11.4 Å². The van der Waals surface area contributed by atoms with Gasteiger partial charge in [-0.2, -0.15) is 0 Å². The van der Waals surface area contributed by atoms with Crippen molar-refractivity contribution in [2.24, 2.45) is 0 Å². The van der Waals surface area contributed by atoms with Gasteiger partial charge in [-0.15, -0.1) is 0 Å². The summed E-state index contributed by atoms with van der Waals surface area (Å²) < 4.78 is 0. The second-order valence-electron chi connectivity index (χ2n) is 5.52. The maximum Gasteiger partial charge on any atom is 0.270 e. The molecule has 0 spiro atoms. The molecule has 25 heavy (non-hydrogen) atoms. The molecule has 126 valence electrons. The van der Waals surface area contributed by atoms with Crippen LogP contribution in [-0.2, 0) is 6.54 Å². The number of nitrogens with one attached hydrogen (secondary N) is 2. The first-order chi connectivity index (χ1) is 12.1. The topological polar surface area (TPSA) is 66.9 Å². The van der Waals surface area contributed by atoms with Crippen molar-refractivity contribution >= 4 is 28.9 Å². The van der Waals surface area contributed by atoms with Crippen molar-refractivity contribution in [2.75, 3.05) is 5.32 Å². The van der Waals surface area contributed by atoms with Gasteiger partial charge in [-0.05, 0) is 48.9 Å². The summed E-state index contributed by atoms with van der Waals surface area (Å²) in [5.41, 5.74) is 3.75. The monoisotopic (exact) mass is 352 g/mol. The Morgan fingerprint density at radius 2 is 1.88 bits per heavy atom. The Bertz CT molecular complexity index is 884. The Morgan fingerprint density at radius 1 is 1.04 bits per heavy atom. The molecule has 5 nitrogen and oxygen atoms in total. The number of nitrogens with zero attached hydrogens (tertiary/aromatic N) is 2. The van der Waals surface area contributed by atoms with E-state index >= 15 is 0 Å². The molecule has 0 aliphatic carbocycles. The summed E-state index contributed by atoms with van der Waals surface area (Å²) in [6, 6.07) is 14.8. The maximum atomic E-state index is 12.3. The van der Waals surface area contributed by atoms with Crippen LogP contribution in [0.15, 0.2) is 60.9 Å². The van der Waals surface area contributed by atoms with Crippen LogP contribution in [0, 0.1) is 6.92 Å². The van der Waals surface area contributed by atoms with Crippen LogP contribution in [0.2, 0.25) is 5.02 Å². The van der Waals surface area contributed by atoms with Crippen molar-refractivity contribution in [2.45, 2.75) is 13.5 Å². The van der Waals surface area contributed by atoms with E-state index in [-0.39, 0.29) is 5.91 Å². The number of benzene rings is 1. The molecule has 0 atom stereocenters. The second kappa shape index (κ2) is 7.77. The van der Waals surface area contributed by atoms with Crippen molar-refractivity contribution in [1.29, 1.82) is 0 Å². The Hall–Kier alpha value is -2.92. The van der Waals surface area contributed by atoms with Gasteiger partial charge < -0.3 is 10.6 Å². The van der Waals surface area contributed by atoms with Gasteiger partial charge >= 0.3 is 0 Å². The van der Waals surface area contributed by atoms with Gasteiger partial charge in [0, 0.05) is 28.8 Å². The summed E-state index contributed by atoms with van der Waals surface area (Å²) in [5.74, 6) is -0.253. The Labute approximate surface area is 151 Å². The summed E-state index contributed by atoms with van der Waals surface area (Å²) in [5, 5.41) is 6.72. The molecule has 1 aromatic carbocycles. The lowest BCUT2D eigenvalue weighted by Crippen LogP contribution is -2.24. The normalized spacial score (nSPS) is 10.3. The number of rotatable bonds is 5. The Morgan fingerprint density at radius 3 is 2.64 bits per heavy atom. The molecule has 6 heteroatoms. The number of aryl methyl sites for hydroxylation is 1. The average molecular weight is 353 g/mol. The molecule has 3 rings (SSSR count). The lowest BCUT2D eigenvalue weighted by atomic mass is 10.2. The van der Waals surface area contributed by atoms with Gasteiger partial charge in [0.2, 0.25) is 0 Å². The summed E-state index contributed by atoms with van der Waals surface area (Å²) in [7, 11) is 0. The Kier molecular flexibility index (Phi) is 5.26. The molecule has 0 bridgehead atoms. The van der Waals surface area contributed by atoms with E-state index in [0.717, 1.165) is 22.6 Å². The SMILES string of the molecule is Cc1ccc(Nc2ccnc(C(=O)NCc3ccccn3)c2)cc1Cl. The molecule has 3 aromatic rings. The number of carbonyl (C=O) groups excluding carboxylic acids is 1. The molecular weight excluding hydrogens is 336 g/mol. The zero-order valence-electron chi connectivity index (χ0n) is 13.7. The van der Waals surface area contributed by atoms with Crippen molar-refractivity contribution in [3.05, 3.63) is 82.9 Å². The van der Waals surface area contributed by atoms with Gasteiger partial charge in [0.15, 0.2) is 0 Å². The summed E-state index contributed by atoms with van der Waals surface area (Å²) in [6.45, 7) is 2.30. The molecule has 2 N–H and O–H groups in total. The standard InChI is InChI=1S/C19H17ClN4O/c1-13-5-6-14(10-17(13)20)24-15-7-9-22-18(11-15)19(25)23-12-16-4-2-3-8-21-16/h2-11H,12H2,1H3,(H,22,24)(H,23,25). The first-order valence-electron chi connectivity index (χ1n) is 7.79. The molecule has 0 aliphatic rings. The van der Waals surface area contributed by atoms with E-state index in [2.05, 4.69) is 20.6 Å². The first kappa shape index (κ1) is 16.9. The van der Waals surface area contributed by atoms with Crippen LogP contribution in [0.5, 0.6) is 0 Å². The third-order valence-corrected chi connectivity index (χ3v) is 4.02. The number of hydrogen-bond donors (Lipinski definition) is 2. The first-order valence-corrected chi connectivity index (χ1v) is 8.17. The largest absolute Gasteiger partial charge is 0.355 e. The number of halogens is 1. The fourth-order valence-corrected chi connectivity index (χ4v) is 2.41. The lowest BCUT2D eigenvalue weighted by molar-refractivity contribution is 0.0945. The molecule has 0 radical (unpaired) electrons. The van der Waals surface area contributed by atoms with Gasteiger partial charge in [0.25, 0.3) is 5.91 Å². The Balaban J connectivity index is 1.68. The van der Waals surface area contributed by atoms with Gasteiger partial charge in [0.1, 0.15) is 5.69 Å². The molecule has 0 saturated carbocycles. The highest BCUT2D eigenvalue weighted by Gasteiger charge is 2.08. The fourth-order valence-electron chi connectivity index (χ4n) is 2.23. The highest BCUT2D eigenvalue weighted by atomic mass is 35.5. The summed E-state index contributed by atoms with van der Waals surface area (Å²) in [4.78, 5) is 20.6. The lowest BCUT2D eigenvalue weighted by Gasteiger charge is -2.09.